The van der Waals surface area contributed by atoms with Crippen LogP contribution >= 0.6 is 15.9 Å². The maximum atomic E-state index is 12.5. The van der Waals surface area contributed by atoms with E-state index in [0.717, 1.165) is 16.6 Å². The lowest BCUT2D eigenvalue weighted by molar-refractivity contribution is -0.0384. The number of hydrogen-bond acceptors (Lipinski definition) is 5. The predicted octanol–water partition coefficient (Wildman–Crippen LogP) is 5.21. The summed E-state index contributed by atoms with van der Waals surface area (Å²) < 4.78 is 79.6. The molecule has 0 bridgehead atoms. The molecule has 0 saturated carbocycles. The normalized spacial score (nSPS) is 13.6. The molecule has 5 nitrogen and oxygen atoms in total. The SMILES string of the molecule is O=S(c1ccc(/C=C/c2nc(CS(=O)(=O)c3ccc(Br)cc3)co2)cc1)C(F)(F)F. The van der Waals surface area contributed by atoms with Crippen LogP contribution in [-0.4, -0.2) is 23.1 Å². The zero-order valence-corrected chi connectivity index (χ0v) is 18.2. The lowest BCUT2D eigenvalue weighted by Crippen LogP contribution is -2.16. The van der Waals surface area contributed by atoms with Crippen molar-refractivity contribution in [2.45, 2.75) is 21.1 Å². The molecule has 0 N–H and O–H groups in total. The molecule has 158 valence electrons. The van der Waals surface area contributed by atoms with Gasteiger partial charge in [0.15, 0.2) is 20.6 Å². The zero-order chi connectivity index (χ0) is 21.9. The molecule has 0 aliphatic heterocycles. The van der Waals surface area contributed by atoms with E-state index < -0.39 is 26.1 Å². The fourth-order valence-electron chi connectivity index (χ4n) is 2.39. The summed E-state index contributed by atoms with van der Waals surface area (Å²) in [6.45, 7) is 0. The Balaban J connectivity index is 1.69. The van der Waals surface area contributed by atoms with Gasteiger partial charge in [0.1, 0.15) is 12.0 Å². The average molecular weight is 520 g/mol. The fourth-order valence-corrected chi connectivity index (χ4v) is 4.54. The minimum atomic E-state index is -4.82. The first-order valence-electron chi connectivity index (χ1n) is 8.24. The summed E-state index contributed by atoms with van der Waals surface area (Å²) in [5, 5.41) is 0. The van der Waals surface area contributed by atoms with Crippen LogP contribution < -0.4 is 0 Å². The van der Waals surface area contributed by atoms with Crippen molar-refractivity contribution >= 4 is 48.7 Å². The summed E-state index contributed by atoms with van der Waals surface area (Å²) in [6.07, 6.45) is 4.20. The van der Waals surface area contributed by atoms with Gasteiger partial charge in [0, 0.05) is 15.4 Å². The van der Waals surface area contributed by atoms with E-state index in [2.05, 4.69) is 20.9 Å². The third kappa shape index (κ3) is 5.67. The van der Waals surface area contributed by atoms with Gasteiger partial charge in [0.25, 0.3) is 0 Å². The van der Waals surface area contributed by atoms with E-state index in [1.165, 1.54) is 42.7 Å². The molecular weight excluding hydrogens is 507 g/mol. The molecule has 0 amide bonds. The molecule has 1 unspecified atom stereocenters. The summed E-state index contributed by atoms with van der Waals surface area (Å²) in [4.78, 5) is 3.90. The molecule has 30 heavy (non-hydrogen) atoms. The predicted molar refractivity (Wildman–Crippen MR) is 109 cm³/mol. The van der Waals surface area contributed by atoms with Gasteiger partial charge in [0.2, 0.25) is 5.89 Å². The van der Waals surface area contributed by atoms with E-state index in [4.69, 9.17) is 4.42 Å². The molecule has 3 aromatic rings. The Labute approximate surface area is 181 Å². The molecule has 0 saturated heterocycles. The second-order valence-electron chi connectivity index (χ2n) is 6.01. The van der Waals surface area contributed by atoms with Gasteiger partial charge in [-0.2, -0.15) is 13.2 Å². The molecule has 0 aliphatic rings. The monoisotopic (exact) mass is 519 g/mol. The van der Waals surface area contributed by atoms with Crippen LogP contribution in [-0.2, 0) is 26.4 Å². The lowest BCUT2D eigenvalue weighted by Gasteiger charge is -2.05. The Bertz CT molecular complexity index is 1190. The van der Waals surface area contributed by atoms with Gasteiger partial charge in [-0.15, -0.1) is 0 Å². The van der Waals surface area contributed by atoms with Crippen LogP contribution in [0.4, 0.5) is 13.2 Å². The number of oxazole rings is 1. The Morgan fingerprint density at radius 1 is 1.03 bits per heavy atom. The lowest BCUT2D eigenvalue weighted by atomic mass is 10.2. The highest BCUT2D eigenvalue weighted by molar-refractivity contribution is 9.10. The zero-order valence-electron chi connectivity index (χ0n) is 15.0. The van der Waals surface area contributed by atoms with Gasteiger partial charge in [-0.05, 0) is 48.0 Å². The van der Waals surface area contributed by atoms with E-state index in [1.807, 2.05) is 0 Å². The van der Waals surface area contributed by atoms with Crippen molar-refractivity contribution in [3.8, 4) is 0 Å². The van der Waals surface area contributed by atoms with Crippen LogP contribution in [0.15, 0.2) is 73.5 Å². The van der Waals surface area contributed by atoms with Gasteiger partial charge < -0.3 is 4.42 Å². The smallest absolute Gasteiger partial charge is 0.445 e. The molecule has 1 heterocycles. The van der Waals surface area contributed by atoms with Crippen molar-refractivity contribution in [2.24, 2.45) is 0 Å². The Morgan fingerprint density at radius 3 is 2.27 bits per heavy atom. The topological polar surface area (TPSA) is 77.2 Å². The standard InChI is InChI=1S/C19H13BrF3NO4S2/c20-14-4-8-17(9-5-14)30(26,27)12-15-11-28-18(24-15)10-3-13-1-6-16(7-2-13)29(25)19(21,22)23/h1-11H,12H2/b10-3+. The molecule has 0 radical (unpaired) electrons. The molecule has 0 aliphatic carbocycles. The number of halogens is 4. The first-order chi connectivity index (χ1) is 14.0. The van der Waals surface area contributed by atoms with Crippen molar-refractivity contribution in [2.75, 3.05) is 0 Å². The van der Waals surface area contributed by atoms with Crippen LogP contribution in [0.25, 0.3) is 12.2 Å². The summed E-state index contributed by atoms with van der Waals surface area (Å²) in [7, 11) is -6.68. The number of rotatable bonds is 6. The Kier molecular flexibility index (Phi) is 6.63. The molecule has 2 aromatic carbocycles. The molecule has 1 atom stereocenters. The van der Waals surface area contributed by atoms with E-state index in [9.17, 15) is 25.8 Å². The molecule has 1 aromatic heterocycles. The minimum absolute atomic E-state index is 0.138. The van der Waals surface area contributed by atoms with E-state index in [-0.39, 0.29) is 27.1 Å². The first-order valence-corrected chi connectivity index (χ1v) is 11.8. The van der Waals surface area contributed by atoms with Crippen molar-refractivity contribution in [3.63, 3.8) is 0 Å². The Hall–Kier alpha value is -2.24. The third-order valence-electron chi connectivity index (χ3n) is 3.80. The summed E-state index contributed by atoms with van der Waals surface area (Å²) >= 11 is 3.24. The van der Waals surface area contributed by atoms with Crippen molar-refractivity contribution < 1.29 is 30.2 Å². The second-order valence-corrected chi connectivity index (χ2v) is 10.4. The average Bonchev–Trinajstić information content (AvgIpc) is 3.12. The van der Waals surface area contributed by atoms with Gasteiger partial charge >= 0.3 is 5.51 Å². The maximum Gasteiger partial charge on any atom is 0.475 e. The van der Waals surface area contributed by atoms with Gasteiger partial charge in [-0.1, -0.05) is 28.1 Å². The van der Waals surface area contributed by atoms with Crippen LogP contribution in [0.3, 0.4) is 0 Å². The van der Waals surface area contributed by atoms with Crippen LogP contribution in [0.2, 0.25) is 0 Å². The van der Waals surface area contributed by atoms with E-state index in [1.54, 1.807) is 12.1 Å². The maximum absolute atomic E-state index is 12.5. The number of alkyl halides is 3. The Morgan fingerprint density at radius 2 is 1.67 bits per heavy atom. The third-order valence-corrected chi connectivity index (χ3v) is 7.12. The van der Waals surface area contributed by atoms with Gasteiger partial charge in [-0.3, -0.25) is 0 Å². The number of benzene rings is 2. The highest BCUT2D eigenvalue weighted by Gasteiger charge is 2.37. The minimum Gasteiger partial charge on any atom is -0.445 e. The van der Waals surface area contributed by atoms with Crippen LogP contribution in [0.1, 0.15) is 17.1 Å². The van der Waals surface area contributed by atoms with Gasteiger partial charge in [-0.25, -0.2) is 17.6 Å². The largest absolute Gasteiger partial charge is 0.475 e. The molecule has 0 fully saturated rings. The fraction of sp³-hybridized carbons (Fsp3) is 0.105. The number of sulfone groups is 1. The van der Waals surface area contributed by atoms with Gasteiger partial charge in [0.05, 0.1) is 10.6 Å². The van der Waals surface area contributed by atoms with Crippen molar-refractivity contribution in [3.05, 3.63) is 76.4 Å². The molecule has 11 heteroatoms. The highest BCUT2D eigenvalue weighted by Crippen LogP contribution is 2.26. The second kappa shape index (κ2) is 8.86. The van der Waals surface area contributed by atoms with E-state index >= 15 is 0 Å². The van der Waals surface area contributed by atoms with Crippen LogP contribution in [0, 0.1) is 0 Å². The highest BCUT2D eigenvalue weighted by atomic mass is 79.9. The summed E-state index contributed by atoms with van der Waals surface area (Å²) in [5.74, 6) is -0.205. The molecular formula is C19H13BrF3NO4S2. The number of aromatic nitrogens is 1. The van der Waals surface area contributed by atoms with E-state index in [0.29, 0.717) is 5.56 Å². The first kappa shape index (κ1) is 22.4. The molecule has 0 spiro atoms. The number of nitrogens with zero attached hydrogens (tertiary/aromatic N) is 1. The van der Waals surface area contributed by atoms with Crippen molar-refractivity contribution in [1.29, 1.82) is 0 Å². The summed E-state index contributed by atoms with van der Waals surface area (Å²) in [5.41, 5.74) is -4.07. The molecule has 3 rings (SSSR count). The summed E-state index contributed by atoms with van der Waals surface area (Å²) in [6, 6.07) is 11.2. The van der Waals surface area contributed by atoms with Crippen molar-refractivity contribution in [1.82, 2.24) is 4.98 Å². The van der Waals surface area contributed by atoms with Crippen LogP contribution in [0.5, 0.6) is 0 Å². The quantitative estimate of drug-likeness (QED) is 0.446. The number of hydrogen-bond donors (Lipinski definition) is 0.